The van der Waals surface area contributed by atoms with E-state index in [0.717, 1.165) is 30.0 Å². The van der Waals surface area contributed by atoms with Gasteiger partial charge < -0.3 is 5.32 Å². The summed E-state index contributed by atoms with van der Waals surface area (Å²) in [7, 11) is 1.94. The van der Waals surface area contributed by atoms with Crippen LogP contribution in [0.1, 0.15) is 55.1 Å². The third-order valence-corrected chi connectivity index (χ3v) is 5.82. The van der Waals surface area contributed by atoms with Crippen molar-refractivity contribution < 1.29 is 4.79 Å². The van der Waals surface area contributed by atoms with Crippen molar-refractivity contribution in [1.82, 2.24) is 14.7 Å². The van der Waals surface area contributed by atoms with Gasteiger partial charge in [0.05, 0.1) is 5.69 Å². The van der Waals surface area contributed by atoms with Gasteiger partial charge in [0.15, 0.2) is 0 Å². The number of rotatable bonds is 6. The van der Waals surface area contributed by atoms with Crippen LogP contribution in [0.5, 0.6) is 0 Å². The van der Waals surface area contributed by atoms with Crippen LogP contribution in [0.15, 0.2) is 24.3 Å². The van der Waals surface area contributed by atoms with E-state index in [4.69, 9.17) is 0 Å². The Labute approximate surface area is 162 Å². The molecule has 146 valence electrons. The van der Waals surface area contributed by atoms with Gasteiger partial charge in [-0.1, -0.05) is 18.6 Å². The fraction of sp³-hybridized carbons (Fsp3) is 0.545. The number of carbonyl (C=O) groups excluding carboxylic acids is 1. The first-order valence-corrected chi connectivity index (χ1v) is 10.1. The standard InChI is InChI=1S/C22H32N4O/c1-16-7-5-6-14-26(16)15-19-8-10-20(11-9-19)23-22(27)13-12-21-17(2)24-25(4)18(21)3/h8-11,16H,5-7,12-15H2,1-4H3,(H,23,27)/t16-/m0/s1. The summed E-state index contributed by atoms with van der Waals surface area (Å²) in [6.45, 7) is 8.55. The summed E-state index contributed by atoms with van der Waals surface area (Å²) in [6.07, 6.45) is 5.14. The highest BCUT2D eigenvalue weighted by Gasteiger charge is 2.18. The van der Waals surface area contributed by atoms with Gasteiger partial charge in [0, 0.05) is 37.4 Å². The smallest absolute Gasteiger partial charge is 0.224 e. The number of likely N-dealkylation sites (tertiary alicyclic amines) is 1. The molecule has 2 aromatic rings. The van der Waals surface area contributed by atoms with E-state index in [1.165, 1.54) is 36.9 Å². The van der Waals surface area contributed by atoms with Gasteiger partial charge in [0.25, 0.3) is 0 Å². The Balaban J connectivity index is 1.51. The Hall–Kier alpha value is -2.14. The predicted octanol–water partition coefficient (Wildman–Crippen LogP) is 3.98. The van der Waals surface area contributed by atoms with E-state index in [-0.39, 0.29) is 5.91 Å². The molecule has 1 amide bonds. The quantitative estimate of drug-likeness (QED) is 0.839. The summed E-state index contributed by atoms with van der Waals surface area (Å²) in [5, 5.41) is 7.43. The number of hydrogen-bond acceptors (Lipinski definition) is 3. The highest BCUT2D eigenvalue weighted by atomic mass is 16.1. The van der Waals surface area contributed by atoms with Gasteiger partial charge in [0.2, 0.25) is 5.91 Å². The van der Waals surface area contributed by atoms with E-state index in [9.17, 15) is 4.79 Å². The van der Waals surface area contributed by atoms with Crippen LogP contribution in [-0.4, -0.2) is 33.2 Å². The van der Waals surface area contributed by atoms with Gasteiger partial charge in [-0.05, 0) is 69.8 Å². The molecule has 1 aromatic heterocycles. The number of nitrogens with zero attached hydrogens (tertiary/aromatic N) is 3. The van der Waals surface area contributed by atoms with Crippen LogP contribution in [0.25, 0.3) is 0 Å². The zero-order valence-electron chi connectivity index (χ0n) is 17.1. The lowest BCUT2D eigenvalue weighted by Gasteiger charge is -2.33. The molecule has 1 atom stereocenters. The van der Waals surface area contributed by atoms with Gasteiger partial charge in [-0.15, -0.1) is 0 Å². The van der Waals surface area contributed by atoms with Gasteiger partial charge in [-0.2, -0.15) is 5.10 Å². The van der Waals surface area contributed by atoms with Crippen molar-refractivity contribution in [2.24, 2.45) is 7.05 Å². The molecule has 0 spiro atoms. The lowest BCUT2D eigenvalue weighted by Crippen LogP contribution is -2.36. The highest BCUT2D eigenvalue weighted by molar-refractivity contribution is 5.90. The van der Waals surface area contributed by atoms with Crippen LogP contribution in [0.3, 0.4) is 0 Å². The van der Waals surface area contributed by atoms with Crippen molar-refractivity contribution in [2.75, 3.05) is 11.9 Å². The molecule has 0 saturated carbocycles. The van der Waals surface area contributed by atoms with E-state index in [1.807, 2.05) is 30.8 Å². The molecule has 1 saturated heterocycles. The second-order valence-electron chi connectivity index (χ2n) is 7.83. The molecule has 0 radical (unpaired) electrons. The third kappa shape index (κ3) is 4.98. The van der Waals surface area contributed by atoms with E-state index < -0.39 is 0 Å². The van der Waals surface area contributed by atoms with Gasteiger partial charge in [0.1, 0.15) is 0 Å². The monoisotopic (exact) mass is 368 g/mol. The van der Waals surface area contributed by atoms with Crippen LogP contribution in [0.2, 0.25) is 0 Å². The predicted molar refractivity (Wildman–Crippen MR) is 110 cm³/mol. The third-order valence-electron chi connectivity index (χ3n) is 5.82. The maximum atomic E-state index is 12.3. The Bertz CT molecular complexity index is 778. The molecule has 2 heterocycles. The topological polar surface area (TPSA) is 50.2 Å². The molecule has 1 N–H and O–H groups in total. The summed E-state index contributed by atoms with van der Waals surface area (Å²) < 4.78 is 1.88. The Kier molecular flexibility index (Phi) is 6.32. The summed E-state index contributed by atoms with van der Waals surface area (Å²) in [6, 6.07) is 8.96. The Morgan fingerprint density at radius 3 is 2.59 bits per heavy atom. The van der Waals surface area contributed by atoms with Crippen molar-refractivity contribution in [3.63, 3.8) is 0 Å². The minimum atomic E-state index is 0.0510. The van der Waals surface area contributed by atoms with Crippen molar-refractivity contribution in [3.8, 4) is 0 Å². The average molecular weight is 369 g/mol. The summed E-state index contributed by atoms with van der Waals surface area (Å²) in [4.78, 5) is 14.9. The second-order valence-corrected chi connectivity index (χ2v) is 7.83. The molecule has 5 nitrogen and oxygen atoms in total. The molecule has 1 aromatic carbocycles. The fourth-order valence-corrected chi connectivity index (χ4v) is 3.96. The van der Waals surface area contributed by atoms with Crippen molar-refractivity contribution in [2.45, 2.75) is 65.5 Å². The lowest BCUT2D eigenvalue weighted by atomic mass is 10.0. The first kappa shape index (κ1) is 19.6. The zero-order chi connectivity index (χ0) is 19.4. The number of anilines is 1. The van der Waals surface area contributed by atoms with E-state index in [0.29, 0.717) is 12.5 Å². The Morgan fingerprint density at radius 2 is 1.96 bits per heavy atom. The van der Waals surface area contributed by atoms with Crippen LogP contribution < -0.4 is 5.32 Å². The van der Waals surface area contributed by atoms with Crippen molar-refractivity contribution in [1.29, 1.82) is 0 Å². The molecule has 27 heavy (non-hydrogen) atoms. The largest absolute Gasteiger partial charge is 0.326 e. The minimum absolute atomic E-state index is 0.0510. The van der Waals surface area contributed by atoms with Crippen LogP contribution in [-0.2, 0) is 24.8 Å². The number of carbonyl (C=O) groups is 1. The van der Waals surface area contributed by atoms with E-state index >= 15 is 0 Å². The molecular formula is C22H32N4O. The Morgan fingerprint density at radius 1 is 1.22 bits per heavy atom. The summed E-state index contributed by atoms with van der Waals surface area (Å²) in [5.41, 5.74) is 5.51. The maximum absolute atomic E-state index is 12.3. The van der Waals surface area contributed by atoms with Crippen molar-refractivity contribution in [3.05, 3.63) is 46.8 Å². The first-order chi connectivity index (χ1) is 12.9. The van der Waals surface area contributed by atoms with Crippen LogP contribution >= 0.6 is 0 Å². The molecule has 5 heteroatoms. The molecule has 0 unspecified atom stereocenters. The number of piperidine rings is 1. The normalized spacial score (nSPS) is 17.9. The molecule has 1 fully saturated rings. The maximum Gasteiger partial charge on any atom is 0.224 e. The summed E-state index contributed by atoms with van der Waals surface area (Å²) >= 11 is 0. The second kappa shape index (κ2) is 8.70. The van der Waals surface area contributed by atoms with E-state index in [1.54, 1.807) is 0 Å². The molecule has 1 aliphatic heterocycles. The minimum Gasteiger partial charge on any atom is -0.326 e. The zero-order valence-corrected chi connectivity index (χ0v) is 17.1. The number of aromatic nitrogens is 2. The molecule has 0 bridgehead atoms. The summed E-state index contributed by atoms with van der Waals surface area (Å²) in [5.74, 6) is 0.0510. The first-order valence-electron chi connectivity index (χ1n) is 10.1. The number of benzene rings is 1. The van der Waals surface area contributed by atoms with Gasteiger partial charge in [-0.25, -0.2) is 0 Å². The highest BCUT2D eigenvalue weighted by Crippen LogP contribution is 2.20. The number of nitrogens with one attached hydrogen (secondary N) is 1. The number of hydrogen-bond donors (Lipinski definition) is 1. The fourth-order valence-electron chi connectivity index (χ4n) is 3.96. The number of amides is 1. The lowest BCUT2D eigenvalue weighted by molar-refractivity contribution is -0.116. The molecular weight excluding hydrogens is 336 g/mol. The average Bonchev–Trinajstić information content (AvgIpc) is 2.89. The van der Waals surface area contributed by atoms with Gasteiger partial charge in [-0.3, -0.25) is 14.4 Å². The molecule has 1 aliphatic rings. The van der Waals surface area contributed by atoms with Gasteiger partial charge >= 0.3 is 0 Å². The number of aryl methyl sites for hydroxylation is 2. The van der Waals surface area contributed by atoms with Crippen molar-refractivity contribution >= 4 is 11.6 Å². The molecule has 0 aliphatic carbocycles. The van der Waals surface area contributed by atoms with E-state index in [2.05, 4.69) is 41.3 Å². The van der Waals surface area contributed by atoms with Crippen LogP contribution in [0.4, 0.5) is 5.69 Å². The van der Waals surface area contributed by atoms with Crippen LogP contribution in [0, 0.1) is 13.8 Å². The SMILES string of the molecule is Cc1nn(C)c(C)c1CCC(=O)Nc1ccc(CN2CCCC[C@@H]2C)cc1. The molecule has 3 rings (SSSR count).